The second-order valence-electron chi connectivity index (χ2n) is 3.98. The molecule has 0 N–H and O–H groups in total. The SMILES string of the molecule is BrC1=CC=C[C@@H]2OC(c3ccc(Br)cc3)O[C@H]12. The van der Waals surface area contributed by atoms with Crippen LogP contribution in [0.15, 0.2) is 51.4 Å². The molecule has 2 aliphatic rings. The van der Waals surface area contributed by atoms with Crippen molar-refractivity contribution >= 4 is 31.9 Å². The van der Waals surface area contributed by atoms with Gasteiger partial charge in [-0.15, -0.1) is 0 Å². The van der Waals surface area contributed by atoms with Crippen LogP contribution in [0.4, 0.5) is 0 Å². The van der Waals surface area contributed by atoms with E-state index in [9.17, 15) is 0 Å². The highest BCUT2D eigenvalue weighted by Gasteiger charge is 2.37. The van der Waals surface area contributed by atoms with Crippen LogP contribution < -0.4 is 0 Å². The van der Waals surface area contributed by atoms with Crippen LogP contribution in [-0.2, 0) is 9.47 Å². The van der Waals surface area contributed by atoms with Gasteiger partial charge >= 0.3 is 0 Å². The zero-order valence-electron chi connectivity index (χ0n) is 8.85. The Kier molecular flexibility index (Phi) is 3.21. The molecule has 0 saturated carbocycles. The van der Waals surface area contributed by atoms with Gasteiger partial charge in [-0.2, -0.15) is 0 Å². The van der Waals surface area contributed by atoms with Crippen LogP contribution in [0, 0.1) is 0 Å². The minimum Gasteiger partial charge on any atom is -0.338 e. The fourth-order valence-electron chi connectivity index (χ4n) is 1.95. The van der Waals surface area contributed by atoms with Crippen molar-refractivity contribution in [3.05, 3.63) is 57.0 Å². The van der Waals surface area contributed by atoms with Gasteiger partial charge in [-0.1, -0.05) is 56.1 Å². The van der Waals surface area contributed by atoms with Gasteiger partial charge in [0.25, 0.3) is 0 Å². The lowest BCUT2D eigenvalue weighted by molar-refractivity contribution is -0.0599. The van der Waals surface area contributed by atoms with Crippen LogP contribution in [0.2, 0.25) is 0 Å². The number of hydrogen-bond acceptors (Lipinski definition) is 2. The summed E-state index contributed by atoms with van der Waals surface area (Å²) in [4.78, 5) is 0. The van der Waals surface area contributed by atoms with E-state index in [1.165, 1.54) is 0 Å². The highest BCUT2D eigenvalue weighted by Crippen LogP contribution is 2.38. The van der Waals surface area contributed by atoms with Gasteiger partial charge in [0.15, 0.2) is 6.29 Å². The quantitative estimate of drug-likeness (QED) is 0.753. The van der Waals surface area contributed by atoms with E-state index >= 15 is 0 Å². The number of rotatable bonds is 1. The summed E-state index contributed by atoms with van der Waals surface area (Å²) in [6.07, 6.45) is 5.69. The molecule has 1 unspecified atom stereocenters. The molecule has 3 rings (SSSR count). The molecule has 4 heteroatoms. The fraction of sp³-hybridized carbons (Fsp3) is 0.231. The topological polar surface area (TPSA) is 18.5 Å². The summed E-state index contributed by atoms with van der Waals surface area (Å²) in [5, 5.41) is 0. The largest absolute Gasteiger partial charge is 0.338 e. The molecule has 1 fully saturated rings. The lowest BCUT2D eigenvalue weighted by Crippen LogP contribution is -2.22. The molecule has 0 radical (unpaired) electrons. The van der Waals surface area contributed by atoms with Crippen LogP contribution in [-0.4, -0.2) is 12.2 Å². The van der Waals surface area contributed by atoms with E-state index in [0.717, 1.165) is 14.5 Å². The first-order chi connectivity index (χ1) is 8.24. The Labute approximate surface area is 117 Å². The van der Waals surface area contributed by atoms with Crippen molar-refractivity contribution in [1.29, 1.82) is 0 Å². The molecule has 0 spiro atoms. The maximum absolute atomic E-state index is 5.90. The summed E-state index contributed by atoms with van der Waals surface area (Å²) in [5.74, 6) is 0. The number of fused-ring (bicyclic) bond motifs is 1. The second-order valence-corrected chi connectivity index (χ2v) is 5.81. The van der Waals surface area contributed by atoms with Crippen LogP contribution in [0.25, 0.3) is 0 Å². The van der Waals surface area contributed by atoms with Gasteiger partial charge in [0.2, 0.25) is 0 Å². The average molecular weight is 358 g/mol. The van der Waals surface area contributed by atoms with E-state index in [1.54, 1.807) is 0 Å². The standard InChI is InChI=1S/C13H10Br2O2/c14-9-6-4-8(5-7-9)13-16-11-3-1-2-10(15)12(11)17-13/h1-7,11-13H/t11-,12+,13?/m0/s1. The summed E-state index contributed by atoms with van der Waals surface area (Å²) in [5.41, 5.74) is 1.04. The van der Waals surface area contributed by atoms with E-state index < -0.39 is 0 Å². The molecule has 0 bridgehead atoms. The molecule has 1 aromatic rings. The third-order valence-corrected chi connectivity index (χ3v) is 4.06. The van der Waals surface area contributed by atoms with Crippen LogP contribution >= 0.6 is 31.9 Å². The van der Waals surface area contributed by atoms with Crippen LogP contribution in [0.3, 0.4) is 0 Å². The Balaban J connectivity index is 1.82. The van der Waals surface area contributed by atoms with E-state index in [-0.39, 0.29) is 18.5 Å². The monoisotopic (exact) mass is 356 g/mol. The predicted molar refractivity (Wildman–Crippen MR) is 72.8 cm³/mol. The number of halogens is 2. The highest BCUT2D eigenvalue weighted by atomic mass is 79.9. The molecule has 3 atom stereocenters. The third-order valence-electron chi connectivity index (χ3n) is 2.82. The molecule has 0 aromatic heterocycles. The maximum atomic E-state index is 5.90. The molecule has 1 aliphatic carbocycles. The first-order valence-corrected chi connectivity index (χ1v) is 6.93. The first kappa shape index (κ1) is 11.7. The van der Waals surface area contributed by atoms with Crippen molar-refractivity contribution < 1.29 is 9.47 Å². The van der Waals surface area contributed by atoms with Gasteiger partial charge in [-0.25, -0.2) is 0 Å². The molecule has 1 aliphatic heterocycles. The lowest BCUT2D eigenvalue weighted by Gasteiger charge is -2.15. The van der Waals surface area contributed by atoms with Gasteiger partial charge < -0.3 is 9.47 Å². The molecule has 88 valence electrons. The van der Waals surface area contributed by atoms with Crippen molar-refractivity contribution in [2.24, 2.45) is 0 Å². The summed E-state index contributed by atoms with van der Waals surface area (Å²) < 4.78 is 13.9. The Bertz CT molecular complexity index is 479. The molecule has 17 heavy (non-hydrogen) atoms. The zero-order chi connectivity index (χ0) is 11.8. The summed E-state index contributed by atoms with van der Waals surface area (Å²) >= 11 is 6.92. The normalized spacial score (nSPS) is 31.2. The van der Waals surface area contributed by atoms with E-state index in [4.69, 9.17) is 9.47 Å². The van der Waals surface area contributed by atoms with Gasteiger partial charge in [-0.3, -0.25) is 0 Å². The van der Waals surface area contributed by atoms with Crippen molar-refractivity contribution in [2.45, 2.75) is 18.5 Å². The number of ether oxygens (including phenoxy) is 2. The van der Waals surface area contributed by atoms with Crippen molar-refractivity contribution in [3.63, 3.8) is 0 Å². The third kappa shape index (κ3) is 2.27. The number of hydrogen-bond donors (Lipinski definition) is 0. The molecule has 1 saturated heterocycles. The van der Waals surface area contributed by atoms with Crippen molar-refractivity contribution in [1.82, 2.24) is 0 Å². The van der Waals surface area contributed by atoms with E-state index in [1.807, 2.05) is 42.5 Å². The first-order valence-electron chi connectivity index (χ1n) is 5.34. The molecule has 2 nitrogen and oxygen atoms in total. The van der Waals surface area contributed by atoms with Gasteiger partial charge in [-0.05, 0) is 18.2 Å². The summed E-state index contributed by atoms with van der Waals surface area (Å²) in [6, 6.07) is 8.00. The van der Waals surface area contributed by atoms with E-state index in [0.29, 0.717) is 0 Å². The minimum atomic E-state index is -0.290. The summed E-state index contributed by atoms with van der Waals surface area (Å²) in [6.45, 7) is 0. The smallest absolute Gasteiger partial charge is 0.185 e. The van der Waals surface area contributed by atoms with Crippen molar-refractivity contribution in [2.75, 3.05) is 0 Å². The zero-order valence-corrected chi connectivity index (χ0v) is 12.0. The number of allylic oxidation sites excluding steroid dienone is 2. The van der Waals surface area contributed by atoms with Crippen LogP contribution in [0.1, 0.15) is 11.9 Å². The lowest BCUT2D eigenvalue weighted by atomic mass is 10.1. The number of benzene rings is 1. The van der Waals surface area contributed by atoms with Crippen molar-refractivity contribution in [3.8, 4) is 0 Å². The Hall–Kier alpha value is -0.420. The Morgan fingerprint density at radius 1 is 1.00 bits per heavy atom. The molecule has 1 heterocycles. The van der Waals surface area contributed by atoms with Gasteiger partial charge in [0.05, 0.1) is 0 Å². The van der Waals surface area contributed by atoms with Crippen LogP contribution in [0.5, 0.6) is 0 Å². The molecule has 1 aromatic carbocycles. The molecular weight excluding hydrogens is 348 g/mol. The summed E-state index contributed by atoms with van der Waals surface area (Å²) in [7, 11) is 0. The Morgan fingerprint density at radius 3 is 2.47 bits per heavy atom. The second kappa shape index (κ2) is 4.69. The fourth-order valence-corrected chi connectivity index (χ4v) is 2.74. The maximum Gasteiger partial charge on any atom is 0.185 e. The average Bonchev–Trinajstić information content (AvgIpc) is 2.75. The minimum absolute atomic E-state index is 0.00280. The molecule has 0 amide bonds. The van der Waals surface area contributed by atoms with E-state index in [2.05, 4.69) is 31.9 Å². The highest BCUT2D eigenvalue weighted by molar-refractivity contribution is 9.11. The van der Waals surface area contributed by atoms with Gasteiger partial charge in [0.1, 0.15) is 12.2 Å². The molecular formula is C13H10Br2O2. The predicted octanol–water partition coefficient (Wildman–Crippen LogP) is 4.08. The Morgan fingerprint density at radius 2 is 1.76 bits per heavy atom. The van der Waals surface area contributed by atoms with Gasteiger partial charge in [0, 0.05) is 14.5 Å².